The maximum atomic E-state index is 12.6. The van der Waals surface area contributed by atoms with Crippen molar-refractivity contribution in [2.75, 3.05) is 18.5 Å². The Kier molecular flexibility index (Phi) is 8.57. The van der Waals surface area contributed by atoms with Crippen LogP contribution in [-0.4, -0.2) is 88.7 Å². The molecule has 12 heteroatoms. The SMILES string of the molecule is CCCCCC(O)[C@@H](CC(O)CO)Nc1nc2c(ncn2[C@H]2C[C@H](O)[C@@H](CO)O2)c(=O)[nH]1. The van der Waals surface area contributed by atoms with Crippen LogP contribution in [0.2, 0.25) is 0 Å². The second kappa shape index (κ2) is 11.2. The van der Waals surface area contributed by atoms with Crippen LogP contribution in [-0.2, 0) is 4.74 Å². The zero-order valence-electron chi connectivity index (χ0n) is 18.1. The summed E-state index contributed by atoms with van der Waals surface area (Å²) in [5.41, 5.74) is -0.207. The highest BCUT2D eigenvalue weighted by Crippen LogP contribution is 2.30. The maximum Gasteiger partial charge on any atom is 0.280 e. The zero-order valence-corrected chi connectivity index (χ0v) is 18.1. The number of ether oxygens (including phenoxy) is 1. The molecular weight excluding hydrogens is 422 g/mol. The predicted molar refractivity (Wildman–Crippen MR) is 115 cm³/mol. The van der Waals surface area contributed by atoms with Crippen molar-refractivity contribution in [3.63, 3.8) is 0 Å². The Morgan fingerprint density at radius 1 is 1.34 bits per heavy atom. The molecule has 7 N–H and O–H groups in total. The largest absolute Gasteiger partial charge is 0.394 e. The lowest BCUT2D eigenvalue weighted by molar-refractivity contribution is -0.0432. The Balaban J connectivity index is 1.85. The average Bonchev–Trinajstić information content (AvgIpc) is 3.36. The van der Waals surface area contributed by atoms with Crippen LogP contribution in [0.15, 0.2) is 11.1 Å². The van der Waals surface area contributed by atoms with Gasteiger partial charge in [0.1, 0.15) is 12.3 Å². The number of fused-ring (bicyclic) bond motifs is 1. The fourth-order valence-corrected chi connectivity index (χ4v) is 3.92. The quantitative estimate of drug-likeness (QED) is 0.200. The molecule has 2 unspecified atom stereocenters. The Bertz CT molecular complexity index is 919. The van der Waals surface area contributed by atoms with Gasteiger partial charge in [-0.3, -0.25) is 14.3 Å². The van der Waals surface area contributed by atoms with Crippen molar-refractivity contribution in [2.45, 2.75) is 82.1 Å². The zero-order chi connectivity index (χ0) is 23.3. The maximum absolute atomic E-state index is 12.6. The van der Waals surface area contributed by atoms with Crippen LogP contribution in [0.5, 0.6) is 0 Å². The van der Waals surface area contributed by atoms with E-state index in [1.165, 1.54) is 10.9 Å². The van der Waals surface area contributed by atoms with Gasteiger partial charge in [-0.05, 0) is 12.8 Å². The summed E-state index contributed by atoms with van der Waals surface area (Å²) in [4.78, 5) is 23.7. The number of anilines is 1. The molecule has 6 atom stereocenters. The van der Waals surface area contributed by atoms with Crippen LogP contribution in [0.3, 0.4) is 0 Å². The number of nitrogens with zero attached hydrogens (tertiary/aromatic N) is 3. The third kappa shape index (κ3) is 5.63. The molecule has 1 saturated heterocycles. The first-order chi connectivity index (χ1) is 15.4. The van der Waals surface area contributed by atoms with Gasteiger partial charge in [-0.1, -0.05) is 26.2 Å². The molecule has 32 heavy (non-hydrogen) atoms. The molecule has 3 heterocycles. The number of imidazole rings is 1. The minimum Gasteiger partial charge on any atom is -0.394 e. The van der Waals surface area contributed by atoms with E-state index in [9.17, 15) is 30.3 Å². The Labute approximate surface area is 184 Å². The molecule has 0 saturated carbocycles. The lowest BCUT2D eigenvalue weighted by Crippen LogP contribution is -2.38. The third-order valence-corrected chi connectivity index (χ3v) is 5.75. The third-order valence-electron chi connectivity index (χ3n) is 5.75. The van der Waals surface area contributed by atoms with Crippen LogP contribution in [0.25, 0.3) is 11.2 Å². The summed E-state index contributed by atoms with van der Waals surface area (Å²) in [7, 11) is 0. The molecule has 0 spiro atoms. The van der Waals surface area contributed by atoms with Gasteiger partial charge in [0.2, 0.25) is 5.95 Å². The summed E-state index contributed by atoms with van der Waals surface area (Å²) < 4.78 is 7.16. The number of aromatic nitrogens is 4. The van der Waals surface area contributed by atoms with Crippen molar-refractivity contribution in [3.05, 3.63) is 16.7 Å². The van der Waals surface area contributed by atoms with Gasteiger partial charge in [0, 0.05) is 6.42 Å². The van der Waals surface area contributed by atoms with Gasteiger partial charge in [-0.2, -0.15) is 4.98 Å². The molecule has 2 aromatic heterocycles. The van der Waals surface area contributed by atoms with E-state index in [-0.39, 0.29) is 36.6 Å². The predicted octanol–water partition coefficient (Wildman–Crippen LogP) is -0.775. The van der Waals surface area contributed by atoms with Gasteiger partial charge in [0.05, 0.1) is 43.9 Å². The van der Waals surface area contributed by atoms with E-state index < -0.39 is 48.9 Å². The monoisotopic (exact) mass is 455 g/mol. The van der Waals surface area contributed by atoms with Crippen molar-refractivity contribution in [1.29, 1.82) is 0 Å². The molecule has 3 rings (SSSR count). The molecule has 1 fully saturated rings. The molecule has 180 valence electrons. The van der Waals surface area contributed by atoms with Gasteiger partial charge in [-0.25, -0.2) is 4.98 Å². The van der Waals surface area contributed by atoms with Gasteiger partial charge >= 0.3 is 0 Å². The molecule has 0 radical (unpaired) electrons. The molecule has 2 aromatic rings. The lowest BCUT2D eigenvalue weighted by atomic mass is 9.99. The number of aliphatic hydroxyl groups excluding tert-OH is 5. The van der Waals surface area contributed by atoms with Crippen molar-refractivity contribution in [2.24, 2.45) is 0 Å². The first-order valence-corrected chi connectivity index (χ1v) is 11.0. The standard InChI is InChI=1S/C20H33N5O7/c1-2-3-4-5-13(29)12(6-11(28)8-26)22-20-23-18-17(19(31)24-20)21-10-25(18)16-7-14(30)15(9-27)32-16/h10-16,26-30H,2-9H2,1H3,(H2,22,23,24,31)/t11?,12-,13?,14+,15-,16-/m1/s1. The Morgan fingerprint density at radius 2 is 2.12 bits per heavy atom. The first-order valence-electron chi connectivity index (χ1n) is 11.0. The van der Waals surface area contributed by atoms with Crippen LogP contribution >= 0.6 is 0 Å². The van der Waals surface area contributed by atoms with E-state index in [0.29, 0.717) is 6.42 Å². The summed E-state index contributed by atoms with van der Waals surface area (Å²) in [6.07, 6.45) is 0.772. The van der Waals surface area contributed by atoms with E-state index >= 15 is 0 Å². The Hall–Kier alpha value is -2.09. The highest BCUT2D eigenvalue weighted by molar-refractivity contribution is 5.71. The summed E-state index contributed by atoms with van der Waals surface area (Å²) in [5, 5.41) is 52.1. The van der Waals surface area contributed by atoms with Crippen LogP contribution in [0.4, 0.5) is 5.95 Å². The van der Waals surface area contributed by atoms with Gasteiger partial charge in [0.25, 0.3) is 5.56 Å². The molecule has 0 amide bonds. The summed E-state index contributed by atoms with van der Waals surface area (Å²) in [6.45, 7) is 1.26. The van der Waals surface area contributed by atoms with E-state index in [1.54, 1.807) is 0 Å². The number of aliphatic hydroxyl groups is 5. The second-order valence-corrected chi connectivity index (χ2v) is 8.24. The molecule has 1 aliphatic heterocycles. The highest BCUT2D eigenvalue weighted by Gasteiger charge is 2.35. The van der Waals surface area contributed by atoms with Crippen LogP contribution in [0, 0.1) is 0 Å². The second-order valence-electron chi connectivity index (χ2n) is 8.24. The summed E-state index contributed by atoms with van der Waals surface area (Å²) in [5.74, 6) is 0.0752. The van der Waals surface area contributed by atoms with Crippen molar-refractivity contribution < 1.29 is 30.3 Å². The van der Waals surface area contributed by atoms with E-state index in [0.717, 1.165) is 19.3 Å². The van der Waals surface area contributed by atoms with Gasteiger partial charge in [0.15, 0.2) is 11.2 Å². The topological polar surface area (TPSA) is 186 Å². The number of aromatic amines is 1. The van der Waals surface area contributed by atoms with Crippen molar-refractivity contribution in [1.82, 2.24) is 19.5 Å². The minimum atomic E-state index is -1.04. The molecule has 12 nitrogen and oxygen atoms in total. The van der Waals surface area contributed by atoms with E-state index in [2.05, 4.69) is 27.2 Å². The molecular formula is C20H33N5O7. The molecule has 0 aromatic carbocycles. The fraction of sp³-hybridized carbons (Fsp3) is 0.750. The normalized spacial score (nSPS) is 24.0. The van der Waals surface area contributed by atoms with Gasteiger partial charge < -0.3 is 35.6 Å². The van der Waals surface area contributed by atoms with Crippen LogP contribution < -0.4 is 10.9 Å². The number of rotatable bonds is 12. The Morgan fingerprint density at radius 3 is 2.78 bits per heavy atom. The number of nitrogens with one attached hydrogen (secondary N) is 2. The minimum absolute atomic E-state index is 0.0565. The van der Waals surface area contributed by atoms with Crippen molar-refractivity contribution >= 4 is 17.1 Å². The first kappa shape index (κ1) is 24.6. The lowest BCUT2D eigenvalue weighted by Gasteiger charge is -2.26. The van der Waals surface area contributed by atoms with E-state index in [4.69, 9.17) is 4.74 Å². The van der Waals surface area contributed by atoms with Crippen LogP contribution in [0.1, 0.15) is 51.7 Å². The number of H-pyrrole nitrogens is 1. The molecule has 0 aliphatic carbocycles. The van der Waals surface area contributed by atoms with E-state index in [1.807, 2.05) is 0 Å². The number of hydrogen-bond donors (Lipinski definition) is 7. The highest BCUT2D eigenvalue weighted by atomic mass is 16.5. The summed E-state index contributed by atoms with van der Waals surface area (Å²) >= 11 is 0. The number of hydrogen-bond acceptors (Lipinski definition) is 10. The average molecular weight is 456 g/mol. The molecule has 0 bridgehead atoms. The van der Waals surface area contributed by atoms with Gasteiger partial charge in [-0.15, -0.1) is 0 Å². The molecule has 1 aliphatic rings. The van der Waals surface area contributed by atoms with Crippen molar-refractivity contribution in [3.8, 4) is 0 Å². The number of unbranched alkanes of at least 4 members (excludes halogenated alkanes) is 2. The summed E-state index contributed by atoms with van der Waals surface area (Å²) in [6, 6.07) is -0.658. The fourth-order valence-electron chi connectivity index (χ4n) is 3.92. The smallest absolute Gasteiger partial charge is 0.280 e.